The number of rotatable bonds is 2. The lowest BCUT2D eigenvalue weighted by Gasteiger charge is -2.20. The standard InChI is InChI=1S/C13H20N2OS/c16-9-10-1-4-15-8-12(14-13(15)7-10)11-2-5-17-6-3-11/h8,10-11,16H,1-7,9H2. The van der Waals surface area contributed by atoms with Crippen LogP contribution in [0.4, 0.5) is 0 Å². The van der Waals surface area contributed by atoms with Gasteiger partial charge in [-0.05, 0) is 36.7 Å². The number of hydrogen-bond donors (Lipinski definition) is 1. The summed E-state index contributed by atoms with van der Waals surface area (Å²) in [7, 11) is 0. The van der Waals surface area contributed by atoms with E-state index < -0.39 is 0 Å². The summed E-state index contributed by atoms with van der Waals surface area (Å²) >= 11 is 2.06. The van der Waals surface area contributed by atoms with E-state index in [4.69, 9.17) is 4.98 Å². The van der Waals surface area contributed by atoms with Crippen LogP contribution >= 0.6 is 11.8 Å². The van der Waals surface area contributed by atoms with E-state index in [9.17, 15) is 5.11 Å². The van der Waals surface area contributed by atoms with Crippen LogP contribution in [0.25, 0.3) is 0 Å². The number of hydrogen-bond acceptors (Lipinski definition) is 3. The first kappa shape index (κ1) is 11.6. The number of fused-ring (bicyclic) bond motifs is 1. The van der Waals surface area contributed by atoms with E-state index in [0.717, 1.165) is 19.4 Å². The van der Waals surface area contributed by atoms with Gasteiger partial charge in [0.1, 0.15) is 5.82 Å². The van der Waals surface area contributed by atoms with Crippen LogP contribution in [0, 0.1) is 5.92 Å². The predicted octanol–water partition coefficient (Wildman–Crippen LogP) is 2.05. The molecule has 1 N–H and O–H groups in total. The maximum absolute atomic E-state index is 9.23. The fourth-order valence-corrected chi connectivity index (χ4v) is 3.97. The van der Waals surface area contributed by atoms with Crippen molar-refractivity contribution in [1.29, 1.82) is 0 Å². The van der Waals surface area contributed by atoms with Crippen molar-refractivity contribution in [2.45, 2.75) is 38.1 Å². The molecule has 3 nitrogen and oxygen atoms in total. The lowest BCUT2D eigenvalue weighted by atomic mass is 9.99. The summed E-state index contributed by atoms with van der Waals surface area (Å²) in [5, 5.41) is 9.23. The van der Waals surface area contributed by atoms with Crippen molar-refractivity contribution in [1.82, 2.24) is 9.55 Å². The zero-order valence-corrected chi connectivity index (χ0v) is 11.0. The highest BCUT2D eigenvalue weighted by Crippen LogP contribution is 2.32. The average molecular weight is 252 g/mol. The number of aliphatic hydroxyl groups excluding tert-OH is 1. The molecule has 1 aromatic rings. The maximum Gasteiger partial charge on any atom is 0.109 e. The van der Waals surface area contributed by atoms with Crippen LogP contribution in [0.15, 0.2) is 6.20 Å². The molecule has 3 rings (SSSR count). The van der Waals surface area contributed by atoms with Crippen molar-refractivity contribution in [3.05, 3.63) is 17.7 Å². The summed E-state index contributed by atoms with van der Waals surface area (Å²) in [6.07, 6.45) is 6.89. The molecule has 0 spiro atoms. The van der Waals surface area contributed by atoms with Gasteiger partial charge in [-0.2, -0.15) is 11.8 Å². The summed E-state index contributed by atoms with van der Waals surface area (Å²) in [6.45, 7) is 1.34. The monoisotopic (exact) mass is 252 g/mol. The minimum Gasteiger partial charge on any atom is -0.396 e. The van der Waals surface area contributed by atoms with Gasteiger partial charge in [-0.3, -0.25) is 0 Å². The summed E-state index contributed by atoms with van der Waals surface area (Å²) in [5.74, 6) is 4.88. The van der Waals surface area contributed by atoms with Gasteiger partial charge in [0.2, 0.25) is 0 Å². The normalized spacial score (nSPS) is 25.8. The summed E-state index contributed by atoms with van der Waals surface area (Å²) in [6, 6.07) is 0. The highest BCUT2D eigenvalue weighted by Gasteiger charge is 2.24. The van der Waals surface area contributed by atoms with Gasteiger partial charge in [0.15, 0.2) is 0 Å². The number of aryl methyl sites for hydroxylation is 1. The van der Waals surface area contributed by atoms with Crippen LogP contribution in [-0.2, 0) is 13.0 Å². The van der Waals surface area contributed by atoms with Gasteiger partial charge in [0, 0.05) is 31.7 Å². The second-order valence-electron chi connectivity index (χ2n) is 5.20. The molecule has 0 aromatic carbocycles. The minimum absolute atomic E-state index is 0.308. The molecule has 0 radical (unpaired) electrons. The quantitative estimate of drug-likeness (QED) is 0.875. The minimum atomic E-state index is 0.308. The Morgan fingerprint density at radius 2 is 2.18 bits per heavy atom. The van der Waals surface area contributed by atoms with Gasteiger partial charge >= 0.3 is 0 Å². The molecule has 0 saturated carbocycles. The van der Waals surface area contributed by atoms with E-state index >= 15 is 0 Å². The van der Waals surface area contributed by atoms with Crippen LogP contribution in [-0.4, -0.2) is 32.8 Å². The highest BCUT2D eigenvalue weighted by atomic mass is 32.2. The number of imidazole rings is 1. The summed E-state index contributed by atoms with van der Waals surface area (Å²) in [5.41, 5.74) is 1.30. The molecule has 1 unspecified atom stereocenters. The molecule has 94 valence electrons. The third-order valence-electron chi connectivity index (χ3n) is 4.03. The van der Waals surface area contributed by atoms with Crippen molar-refractivity contribution in [3.8, 4) is 0 Å². The van der Waals surface area contributed by atoms with E-state index in [1.54, 1.807) is 0 Å². The van der Waals surface area contributed by atoms with Gasteiger partial charge < -0.3 is 9.67 Å². The largest absolute Gasteiger partial charge is 0.396 e. The number of nitrogens with zero attached hydrogens (tertiary/aromatic N) is 2. The summed E-state index contributed by atoms with van der Waals surface area (Å²) < 4.78 is 2.31. The Hall–Kier alpha value is -0.480. The zero-order chi connectivity index (χ0) is 11.7. The molecule has 1 saturated heterocycles. The SMILES string of the molecule is OCC1CCn2cc(C3CCSCC3)nc2C1. The Balaban J connectivity index is 1.77. The van der Waals surface area contributed by atoms with Gasteiger partial charge in [-0.15, -0.1) is 0 Å². The first-order valence-corrected chi connectivity index (χ1v) is 7.77. The fourth-order valence-electron chi connectivity index (χ4n) is 2.86. The van der Waals surface area contributed by atoms with Gasteiger partial charge in [0.05, 0.1) is 5.69 Å². The van der Waals surface area contributed by atoms with Crippen molar-refractivity contribution in [2.24, 2.45) is 5.92 Å². The lowest BCUT2D eigenvalue weighted by molar-refractivity contribution is 0.199. The third kappa shape index (κ3) is 2.38. The molecule has 4 heteroatoms. The molecular formula is C13H20N2OS. The Kier molecular flexibility index (Phi) is 3.43. The molecule has 0 bridgehead atoms. The van der Waals surface area contributed by atoms with Crippen LogP contribution in [0.3, 0.4) is 0 Å². The Labute approximate surface area is 107 Å². The van der Waals surface area contributed by atoms with E-state index in [1.165, 1.54) is 35.9 Å². The first-order chi connectivity index (χ1) is 8.36. The fraction of sp³-hybridized carbons (Fsp3) is 0.769. The first-order valence-electron chi connectivity index (χ1n) is 6.61. The van der Waals surface area contributed by atoms with Gasteiger partial charge in [-0.25, -0.2) is 4.98 Å². The molecule has 2 aliphatic rings. The Morgan fingerprint density at radius 1 is 1.35 bits per heavy atom. The smallest absolute Gasteiger partial charge is 0.109 e. The van der Waals surface area contributed by atoms with Crippen LogP contribution in [0.5, 0.6) is 0 Å². The van der Waals surface area contributed by atoms with Gasteiger partial charge in [-0.1, -0.05) is 0 Å². The maximum atomic E-state index is 9.23. The molecule has 17 heavy (non-hydrogen) atoms. The Bertz CT molecular complexity index is 385. The van der Waals surface area contributed by atoms with Gasteiger partial charge in [0.25, 0.3) is 0 Å². The van der Waals surface area contributed by atoms with Crippen molar-refractivity contribution in [2.75, 3.05) is 18.1 Å². The van der Waals surface area contributed by atoms with E-state index in [2.05, 4.69) is 22.5 Å². The molecule has 2 aliphatic heterocycles. The van der Waals surface area contributed by atoms with Crippen molar-refractivity contribution in [3.63, 3.8) is 0 Å². The number of aromatic nitrogens is 2. The topological polar surface area (TPSA) is 38.0 Å². The molecule has 1 atom stereocenters. The Morgan fingerprint density at radius 3 is 2.94 bits per heavy atom. The molecule has 1 fully saturated rings. The second kappa shape index (κ2) is 5.02. The van der Waals surface area contributed by atoms with Crippen LogP contribution < -0.4 is 0 Å². The molecule has 0 amide bonds. The van der Waals surface area contributed by atoms with Crippen LogP contribution in [0.1, 0.15) is 36.7 Å². The second-order valence-corrected chi connectivity index (χ2v) is 6.43. The highest BCUT2D eigenvalue weighted by molar-refractivity contribution is 7.99. The molecular weight excluding hydrogens is 232 g/mol. The van der Waals surface area contributed by atoms with Crippen molar-refractivity contribution >= 4 is 11.8 Å². The van der Waals surface area contributed by atoms with E-state index in [1.807, 2.05) is 0 Å². The average Bonchev–Trinajstić information content (AvgIpc) is 2.82. The van der Waals surface area contributed by atoms with Crippen LogP contribution in [0.2, 0.25) is 0 Å². The number of thioether (sulfide) groups is 1. The number of aliphatic hydroxyl groups is 1. The molecule has 3 heterocycles. The third-order valence-corrected chi connectivity index (χ3v) is 5.07. The lowest BCUT2D eigenvalue weighted by Crippen LogP contribution is -2.21. The molecule has 0 aliphatic carbocycles. The van der Waals surface area contributed by atoms with E-state index in [0.29, 0.717) is 18.4 Å². The van der Waals surface area contributed by atoms with Crippen molar-refractivity contribution < 1.29 is 5.11 Å². The zero-order valence-electron chi connectivity index (χ0n) is 10.1. The summed E-state index contributed by atoms with van der Waals surface area (Å²) in [4.78, 5) is 4.82. The predicted molar refractivity (Wildman–Crippen MR) is 70.4 cm³/mol. The van der Waals surface area contributed by atoms with E-state index in [-0.39, 0.29) is 0 Å². The molecule has 1 aromatic heterocycles.